The number of hydrogen-bond acceptors (Lipinski definition) is 3. The number of benzene rings is 2. The van der Waals surface area contributed by atoms with E-state index in [4.69, 9.17) is 41.8 Å². The molecule has 1 fully saturated rings. The van der Waals surface area contributed by atoms with E-state index in [1.807, 2.05) is 0 Å². The molecule has 2 aliphatic heterocycles. The van der Waals surface area contributed by atoms with Crippen molar-refractivity contribution in [2.75, 3.05) is 13.2 Å². The summed E-state index contributed by atoms with van der Waals surface area (Å²) in [6.07, 6.45) is 4.71. The van der Waals surface area contributed by atoms with Gasteiger partial charge < -0.3 is 13.9 Å². The van der Waals surface area contributed by atoms with E-state index < -0.39 is 8.32 Å². The summed E-state index contributed by atoms with van der Waals surface area (Å²) in [7, 11) is -2.50. The second-order valence-electron chi connectivity index (χ2n) is 10.4. The summed E-state index contributed by atoms with van der Waals surface area (Å²) in [6, 6.07) is 21.6. The van der Waals surface area contributed by atoms with Gasteiger partial charge in [0, 0.05) is 53.2 Å². The minimum Gasteiger partial charge on any atom is 0 e. The Balaban J connectivity index is -0.000000398. The molecule has 1 saturated heterocycles. The molecule has 48 heavy (non-hydrogen) atoms. The molecule has 2 aromatic rings. The van der Waals surface area contributed by atoms with Gasteiger partial charge in [-0.05, 0) is 46.7 Å². The van der Waals surface area contributed by atoms with E-state index in [1.165, 1.54) is 10.4 Å². The zero-order valence-electron chi connectivity index (χ0n) is 27.0. The van der Waals surface area contributed by atoms with Crippen LogP contribution >= 0.6 is 0 Å². The molecule has 0 unspecified atom stereocenters. The Kier molecular flexibility index (Phi) is 39.0. The molecule has 12 heteroatoms. The van der Waals surface area contributed by atoms with Crippen LogP contribution in [0.15, 0.2) is 72.8 Å². The normalized spacial score (nSPS) is 16.7. The average molecular weight is 761 g/mol. The minimum atomic E-state index is -2.50. The second kappa shape index (κ2) is 34.2. The molecule has 2 aliphatic rings. The van der Waals surface area contributed by atoms with Crippen molar-refractivity contribution in [3.63, 3.8) is 0 Å². The van der Waals surface area contributed by atoms with E-state index in [9.17, 15) is 0 Å². The fraction of sp³-hybridized carbons (Fsp3) is 0.389. The van der Waals surface area contributed by atoms with Crippen molar-refractivity contribution in [1.29, 1.82) is 0 Å². The van der Waals surface area contributed by atoms with Crippen molar-refractivity contribution in [1.82, 2.24) is 0 Å². The van der Waals surface area contributed by atoms with Gasteiger partial charge in [0.05, 0.1) is 12.2 Å². The van der Waals surface area contributed by atoms with Crippen LogP contribution in [0.5, 0.6) is 0 Å². The second-order valence-corrected chi connectivity index (χ2v) is 14.8. The smallest absolute Gasteiger partial charge is 0 e. The molecule has 3 atom stereocenters. The third-order valence-corrected chi connectivity index (χ3v) is 12.0. The molecule has 0 saturated carbocycles. The van der Waals surface area contributed by atoms with Crippen molar-refractivity contribution >= 4 is 18.7 Å². The van der Waals surface area contributed by atoms with E-state index in [1.54, 1.807) is 0 Å². The molecule has 0 bridgehead atoms. The van der Waals surface area contributed by atoms with Gasteiger partial charge in [-0.3, -0.25) is 0 Å². The van der Waals surface area contributed by atoms with Crippen molar-refractivity contribution in [3.8, 4) is 11.8 Å². The Morgan fingerprint density at radius 2 is 1.25 bits per heavy atom. The van der Waals surface area contributed by atoms with Crippen LogP contribution in [0, 0.1) is 51.7 Å². The Bertz CT molecular complexity index is 1200. The molecule has 0 aromatic heterocycles. The number of hydrogen-bond donors (Lipinski definition) is 0. The summed E-state index contributed by atoms with van der Waals surface area (Å²) in [5.74, 6) is 6.54. The van der Waals surface area contributed by atoms with Gasteiger partial charge in [-0.1, -0.05) is 99.9 Å². The standard InChI is InChI=1S/C30H38O3Si.6CO.2Co/c1-24-19-20-25(33-28-18-12-21-31-29(28)23-24)13-11-22-32-34(30(2,3)4,26-14-7-5-8-15-26)27-16-9-6-10-17-27;6*1-2;;/h5-10,14-17,25,28-29H,1,11-13,18,21-23H2,2-4H3;;;;;;;;/t25-,28+,29-;;;;;;;;/m1......../s1. The molecule has 0 spiro atoms. The van der Waals surface area contributed by atoms with Gasteiger partial charge >= 0.3 is 67.8 Å². The van der Waals surface area contributed by atoms with Gasteiger partial charge in [0.25, 0.3) is 8.32 Å². The van der Waals surface area contributed by atoms with Crippen LogP contribution in [0.2, 0.25) is 5.04 Å². The molecule has 0 amide bonds. The van der Waals surface area contributed by atoms with Crippen LogP contribution in [0.4, 0.5) is 0 Å². The fourth-order valence-corrected chi connectivity index (χ4v) is 9.88. The minimum absolute atomic E-state index is 0. The van der Waals surface area contributed by atoms with Gasteiger partial charge in [-0.2, -0.15) is 0 Å². The van der Waals surface area contributed by atoms with Crippen LogP contribution in [-0.4, -0.2) is 39.8 Å². The van der Waals surface area contributed by atoms with Gasteiger partial charge in [0.1, 0.15) is 6.10 Å². The quantitative estimate of drug-likeness (QED) is 0.129. The first kappa shape index (κ1) is 54.7. The van der Waals surface area contributed by atoms with Gasteiger partial charge in [-0.25, -0.2) is 0 Å². The molecular formula is C36H38Co2O9Si. The Morgan fingerprint density at radius 1 is 0.792 bits per heavy atom. The summed E-state index contributed by atoms with van der Waals surface area (Å²) in [5, 5.41) is 2.61. The van der Waals surface area contributed by atoms with Crippen molar-refractivity contribution in [2.45, 2.75) is 76.2 Å². The Morgan fingerprint density at radius 3 is 1.69 bits per heavy atom. The number of rotatable bonds is 7. The zero-order chi connectivity index (χ0) is 36.0. The van der Waals surface area contributed by atoms with E-state index in [0.29, 0.717) is 6.61 Å². The summed E-state index contributed by atoms with van der Waals surface area (Å²) in [6.45, 7) is 39.6. The number of ether oxygens (including phenoxy) is 2. The van der Waals surface area contributed by atoms with Crippen LogP contribution in [-0.2, 0) is 75.4 Å². The van der Waals surface area contributed by atoms with E-state index in [2.05, 4.69) is 140 Å². The third kappa shape index (κ3) is 17.6. The molecule has 2 heterocycles. The van der Waals surface area contributed by atoms with Crippen molar-refractivity contribution < 1.29 is 75.4 Å². The molecule has 0 N–H and O–H groups in total. The molecule has 2 radical (unpaired) electrons. The monoisotopic (exact) mass is 760 g/mol. The van der Waals surface area contributed by atoms with Gasteiger partial charge in [-0.15, -0.1) is 0 Å². The first-order valence-corrected chi connectivity index (χ1v) is 15.7. The zero-order valence-corrected chi connectivity index (χ0v) is 30.1. The molecular weight excluding hydrogens is 722 g/mol. The van der Waals surface area contributed by atoms with Crippen LogP contribution in [0.25, 0.3) is 0 Å². The van der Waals surface area contributed by atoms with Crippen LogP contribution in [0.3, 0.4) is 0 Å². The molecule has 2 aromatic carbocycles. The summed E-state index contributed by atoms with van der Waals surface area (Å²) >= 11 is 0. The predicted molar refractivity (Wildman–Crippen MR) is 166 cm³/mol. The van der Waals surface area contributed by atoms with Gasteiger partial charge in [0.15, 0.2) is 0 Å². The van der Waals surface area contributed by atoms with E-state index in [0.717, 1.165) is 44.3 Å². The maximum atomic E-state index is 7.50. The average Bonchev–Trinajstić information content (AvgIpc) is 3.12. The maximum Gasteiger partial charge on any atom is 0 e. The molecule has 4 rings (SSSR count). The van der Waals surface area contributed by atoms with E-state index in [-0.39, 0.29) is 56.9 Å². The van der Waals surface area contributed by atoms with Crippen molar-refractivity contribution in [3.05, 3.63) is 113 Å². The van der Waals surface area contributed by atoms with Crippen LogP contribution in [0.1, 0.15) is 52.9 Å². The van der Waals surface area contributed by atoms with Crippen molar-refractivity contribution in [2.24, 2.45) is 0 Å². The van der Waals surface area contributed by atoms with Gasteiger partial charge in [0.2, 0.25) is 0 Å². The third-order valence-electron chi connectivity index (χ3n) is 6.92. The van der Waals surface area contributed by atoms with Crippen LogP contribution < -0.4 is 10.4 Å². The topological polar surface area (TPSA) is 147 Å². The summed E-state index contributed by atoms with van der Waals surface area (Å²) < 4.78 is 64.4. The largest absolute Gasteiger partial charge is 0 e. The van der Waals surface area contributed by atoms with E-state index >= 15 is 0 Å². The fourth-order valence-electron chi connectivity index (χ4n) is 5.28. The predicted octanol–water partition coefficient (Wildman–Crippen LogP) is 5.01. The first-order chi connectivity index (χ1) is 22.4. The SMILES string of the molecule is C=C1C#C[C@@H](CCCO[Si](c2ccccc2)(c2ccccc2)C(C)(C)C)O[C@H]2CCCO[C@@H]2C1.[C-]#[O+].[C-]#[O+].[C-]#[O+].[C-]#[O+].[C-]#[O+].[C-]#[O+].[Co].[Co]. The Hall–Kier alpha value is -2.71. The Labute approximate surface area is 306 Å². The maximum absolute atomic E-state index is 7.50. The number of fused-ring (bicyclic) bond motifs is 1. The summed E-state index contributed by atoms with van der Waals surface area (Å²) in [4.78, 5) is 0. The summed E-state index contributed by atoms with van der Waals surface area (Å²) in [5.41, 5.74) is 0.953. The molecule has 0 aliphatic carbocycles. The molecule has 258 valence electrons. The molecule has 9 nitrogen and oxygen atoms in total. The first-order valence-electron chi connectivity index (χ1n) is 13.8.